The Balaban J connectivity index is 1.39. The van der Waals surface area contributed by atoms with Gasteiger partial charge in [-0.05, 0) is 48.1 Å². The number of aromatic nitrogens is 4. The van der Waals surface area contributed by atoms with Crippen LogP contribution < -0.4 is 4.74 Å². The minimum atomic E-state index is 0.0982. The van der Waals surface area contributed by atoms with E-state index in [1.165, 1.54) is 11.1 Å². The van der Waals surface area contributed by atoms with Crippen molar-refractivity contribution in [3.05, 3.63) is 82.7 Å². The second-order valence-electron chi connectivity index (χ2n) is 7.76. The van der Waals surface area contributed by atoms with Crippen LogP contribution in [0.25, 0.3) is 5.78 Å². The van der Waals surface area contributed by atoms with Gasteiger partial charge >= 0.3 is 0 Å². The Bertz CT molecular complexity index is 1270. The molecule has 4 aromatic rings. The summed E-state index contributed by atoms with van der Waals surface area (Å²) < 4.78 is 6.87. The van der Waals surface area contributed by atoms with Crippen molar-refractivity contribution in [3.63, 3.8) is 0 Å². The zero-order chi connectivity index (χ0) is 21.4. The Kier molecular flexibility index (Phi) is 5.19. The summed E-state index contributed by atoms with van der Waals surface area (Å²) in [4.78, 5) is 22.1. The third-order valence-electron chi connectivity index (χ3n) is 5.77. The van der Waals surface area contributed by atoms with Crippen LogP contribution in [0.2, 0.25) is 0 Å². The maximum atomic E-state index is 12.9. The van der Waals surface area contributed by atoms with E-state index in [1.54, 1.807) is 29.6 Å². The van der Waals surface area contributed by atoms with Crippen molar-refractivity contribution in [2.45, 2.75) is 36.6 Å². The molecule has 2 aromatic heterocycles. The van der Waals surface area contributed by atoms with Crippen LogP contribution in [0, 0.1) is 6.92 Å². The normalized spacial score (nSPS) is 15.8. The first kappa shape index (κ1) is 19.8. The predicted molar refractivity (Wildman–Crippen MR) is 120 cm³/mol. The van der Waals surface area contributed by atoms with Crippen molar-refractivity contribution in [2.24, 2.45) is 0 Å². The molecule has 6 nitrogen and oxygen atoms in total. The first-order valence-corrected chi connectivity index (χ1v) is 11.2. The van der Waals surface area contributed by atoms with Crippen LogP contribution in [0.3, 0.4) is 0 Å². The Morgan fingerprint density at radius 3 is 2.68 bits per heavy atom. The van der Waals surface area contributed by atoms with Crippen molar-refractivity contribution in [1.29, 1.82) is 0 Å². The third-order valence-corrected chi connectivity index (χ3v) is 6.65. The molecule has 0 bridgehead atoms. The van der Waals surface area contributed by atoms with Crippen molar-refractivity contribution in [2.75, 3.05) is 7.11 Å². The lowest BCUT2D eigenvalue weighted by Crippen LogP contribution is -2.21. The fraction of sp³-hybridized carbons (Fsp3) is 0.250. The van der Waals surface area contributed by atoms with Crippen molar-refractivity contribution in [3.8, 4) is 5.75 Å². The first-order valence-electron chi connectivity index (χ1n) is 10.2. The number of ketones is 1. The number of methoxy groups -OCH3 is 1. The molecule has 1 aliphatic carbocycles. The molecule has 2 heterocycles. The van der Waals surface area contributed by atoms with Gasteiger partial charge < -0.3 is 4.74 Å². The summed E-state index contributed by atoms with van der Waals surface area (Å²) >= 11 is 1.58. The molecular formula is C24H22N4O2S. The molecule has 0 unspecified atom stereocenters. The van der Waals surface area contributed by atoms with Crippen LogP contribution in [-0.4, -0.2) is 32.5 Å². The topological polar surface area (TPSA) is 69.4 Å². The Labute approximate surface area is 184 Å². The number of Topliss-reactive ketones (excluding diaryl/α,β-unsaturated/α-hetero) is 1. The Morgan fingerprint density at radius 2 is 1.90 bits per heavy atom. The summed E-state index contributed by atoms with van der Waals surface area (Å²) in [6.07, 6.45) is 2.97. The fourth-order valence-corrected chi connectivity index (χ4v) is 4.85. The van der Waals surface area contributed by atoms with Gasteiger partial charge in [-0.2, -0.15) is 4.98 Å². The number of ether oxygens (including phenoxy) is 1. The SMILES string of the molecule is COc1ccc([C@@H]2CC(=O)c3cn4nc(SCc5ccccc5C)nc4nc3C2)cc1. The van der Waals surface area contributed by atoms with E-state index in [0.29, 0.717) is 29.3 Å². The van der Waals surface area contributed by atoms with Crippen LogP contribution in [0.4, 0.5) is 0 Å². The van der Waals surface area contributed by atoms with Gasteiger partial charge in [-0.25, -0.2) is 9.50 Å². The maximum absolute atomic E-state index is 12.9. The summed E-state index contributed by atoms with van der Waals surface area (Å²) in [6.45, 7) is 2.10. The van der Waals surface area contributed by atoms with Gasteiger partial charge in [-0.15, -0.1) is 5.10 Å². The first-order chi connectivity index (χ1) is 15.1. The number of aryl methyl sites for hydroxylation is 1. The molecule has 0 amide bonds. The quantitative estimate of drug-likeness (QED) is 0.430. The average Bonchev–Trinajstić information content (AvgIpc) is 3.19. The van der Waals surface area contributed by atoms with Gasteiger partial charge in [0, 0.05) is 18.4 Å². The standard InChI is InChI=1S/C24H22N4O2S/c1-15-5-3-4-6-17(15)14-31-24-26-23-25-21-11-18(16-7-9-19(30-2)10-8-16)12-22(29)20(21)13-28(23)27-24/h3-10,13,18H,11-12,14H2,1-2H3/t18-/m0/s1. The number of thioether (sulfide) groups is 1. The van der Waals surface area contributed by atoms with Crippen LogP contribution in [0.5, 0.6) is 5.75 Å². The number of carbonyl (C=O) groups is 1. The van der Waals surface area contributed by atoms with Crippen molar-refractivity contribution in [1.82, 2.24) is 19.6 Å². The average molecular weight is 431 g/mol. The third kappa shape index (κ3) is 3.93. The highest BCUT2D eigenvalue weighted by molar-refractivity contribution is 7.98. The van der Waals surface area contributed by atoms with E-state index in [9.17, 15) is 4.79 Å². The van der Waals surface area contributed by atoms with E-state index in [0.717, 1.165) is 22.8 Å². The molecular weight excluding hydrogens is 408 g/mol. The largest absolute Gasteiger partial charge is 0.497 e. The van der Waals surface area contributed by atoms with E-state index in [-0.39, 0.29) is 11.7 Å². The zero-order valence-electron chi connectivity index (χ0n) is 17.4. The highest BCUT2D eigenvalue weighted by atomic mass is 32.2. The molecule has 0 saturated heterocycles. The van der Waals surface area contributed by atoms with E-state index in [4.69, 9.17) is 9.72 Å². The molecule has 0 radical (unpaired) electrons. The molecule has 5 rings (SSSR count). The summed E-state index contributed by atoms with van der Waals surface area (Å²) in [6, 6.07) is 16.2. The number of carbonyl (C=O) groups excluding carboxylic acids is 1. The lowest BCUT2D eigenvalue weighted by atomic mass is 9.82. The smallest absolute Gasteiger partial charge is 0.253 e. The van der Waals surface area contributed by atoms with E-state index < -0.39 is 0 Å². The highest BCUT2D eigenvalue weighted by Crippen LogP contribution is 2.33. The predicted octanol–water partition coefficient (Wildman–Crippen LogP) is 4.65. The monoisotopic (exact) mass is 430 g/mol. The second-order valence-corrected chi connectivity index (χ2v) is 8.70. The summed E-state index contributed by atoms with van der Waals surface area (Å²) in [5.41, 5.74) is 5.08. The van der Waals surface area contributed by atoms with Gasteiger partial charge in [0.15, 0.2) is 5.78 Å². The van der Waals surface area contributed by atoms with Gasteiger partial charge in [0.1, 0.15) is 5.75 Å². The molecule has 31 heavy (non-hydrogen) atoms. The molecule has 2 aromatic carbocycles. The van der Waals surface area contributed by atoms with Crippen LogP contribution >= 0.6 is 11.8 Å². The number of fused-ring (bicyclic) bond motifs is 2. The lowest BCUT2D eigenvalue weighted by Gasteiger charge is -2.23. The molecule has 0 aliphatic heterocycles. The van der Waals surface area contributed by atoms with Gasteiger partial charge in [-0.3, -0.25) is 4.79 Å². The molecule has 1 aliphatic rings. The zero-order valence-corrected chi connectivity index (χ0v) is 18.2. The Hall–Kier alpha value is -3.19. The molecule has 7 heteroatoms. The van der Waals surface area contributed by atoms with E-state index in [1.807, 2.05) is 36.4 Å². The van der Waals surface area contributed by atoms with Crippen molar-refractivity contribution >= 4 is 23.3 Å². The van der Waals surface area contributed by atoms with Gasteiger partial charge in [-0.1, -0.05) is 48.2 Å². The van der Waals surface area contributed by atoms with Crippen molar-refractivity contribution < 1.29 is 9.53 Å². The van der Waals surface area contributed by atoms with E-state index >= 15 is 0 Å². The molecule has 0 N–H and O–H groups in total. The van der Waals surface area contributed by atoms with Gasteiger partial charge in [0.2, 0.25) is 5.16 Å². The highest BCUT2D eigenvalue weighted by Gasteiger charge is 2.28. The minimum Gasteiger partial charge on any atom is -0.497 e. The number of hydrogen-bond acceptors (Lipinski definition) is 6. The minimum absolute atomic E-state index is 0.0982. The molecule has 0 saturated carbocycles. The number of nitrogens with zero attached hydrogens (tertiary/aromatic N) is 4. The van der Waals surface area contributed by atoms with Gasteiger partial charge in [0.25, 0.3) is 5.78 Å². The molecule has 0 fully saturated rings. The van der Waals surface area contributed by atoms with Crippen LogP contribution in [0.15, 0.2) is 59.9 Å². The summed E-state index contributed by atoms with van der Waals surface area (Å²) in [7, 11) is 1.65. The fourth-order valence-electron chi connectivity index (χ4n) is 3.95. The maximum Gasteiger partial charge on any atom is 0.253 e. The van der Waals surface area contributed by atoms with Crippen LogP contribution in [-0.2, 0) is 12.2 Å². The summed E-state index contributed by atoms with van der Waals surface area (Å²) in [5, 5.41) is 5.20. The molecule has 156 valence electrons. The number of benzene rings is 2. The molecule has 1 atom stereocenters. The van der Waals surface area contributed by atoms with Crippen LogP contribution in [0.1, 0.15) is 45.1 Å². The summed E-state index contributed by atoms with van der Waals surface area (Å²) in [5.74, 6) is 2.35. The second kappa shape index (κ2) is 8.15. The van der Waals surface area contributed by atoms with Gasteiger partial charge in [0.05, 0.1) is 18.4 Å². The Morgan fingerprint density at radius 1 is 1.10 bits per heavy atom. The number of rotatable bonds is 5. The molecule has 0 spiro atoms. The van der Waals surface area contributed by atoms with E-state index in [2.05, 4.69) is 29.1 Å². The lowest BCUT2D eigenvalue weighted by molar-refractivity contribution is 0.0962. The number of hydrogen-bond donors (Lipinski definition) is 0.